The minimum absolute atomic E-state index is 0.593. The molecule has 0 spiro atoms. The minimum atomic E-state index is 0.593. The second-order valence-corrected chi connectivity index (χ2v) is 5.12. The molecular formula is C18H23N. The molecule has 2 rings (SSSR count). The highest BCUT2D eigenvalue weighted by atomic mass is 14.5. The van der Waals surface area contributed by atoms with Gasteiger partial charge in [0.1, 0.15) is 0 Å². The van der Waals surface area contributed by atoms with E-state index >= 15 is 0 Å². The number of nitrogens with two attached hydrogens (primary N) is 1. The Morgan fingerprint density at radius 3 is 2.26 bits per heavy atom. The van der Waals surface area contributed by atoms with Crippen LogP contribution in [0.1, 0.15) is 36.8 Å². The highest BCUT2D eigenvalue weighted by Gasteiger charge is 2.08. The van der Waals surface area contributed by atoms with Crippen LogP contribution in [0.2, 0.25) is 0 Å². The summed E-state index contributed by atoms with van der Waals surface area (Å²) in [7, 11) is 0. The van der Waals surface area contributed by atoms with E-state index in [-0.39, 0.29) is 0 Å². The summed E-state index contributed by atoms with van der Waals surface area (Å²) in [5, 5.41) is 0. The minimum Gasteiger partial charge on any atom is -0.330 e. The smallest absolute Gasteiger partial charge is 0.00714 e. The van der Waals surface area contributed by atoms with E-state index in [1.807, 2.05) is 0 Å². The van der Waals surface area contributed by atoms with Gasteiger partial charge in [0.2, 0.25) is 0 Å². The maximum atomic E-state index is 5.68. The first-order valence-electron chi connectivity index (χ1n) is 7.12. The number of aryl methyl sites for hydroxylation is 1. The highest BCUT2D eigenvalue weighted by molar-refractivity contribution is 5.67. The van der Waals surface area contributed by atoms with Crippen LogP contribution in [0, 0.1) is 6.92 Å². The first kappa shape index (κ1) is 13.8. The first-order chi connectivity index (χ1) is 9.26. The topological polar surface area (TPSA) is 26.0 Å². The quantitative estimate of drug-likeness (QED) is 0.834. The van der Waals surface area contributed by atoms with Gasteiger partial charge in [0, 0.05) is 0 Å². The lowest BCUT2D eigenvalue weighted by molar-refractivity contribution is 0.614. The molecule has 0 heterocycles. The van der Waals surface area contributed by atoms with E-state index in [0.717, 1.165) is 19.4 Å². The van der Waals surface area contributed by atoms with Gasteiger partial charge in [-0.15, -0.1) is 0 Å². The van der Waals surface area contributed by atoms with Gasteiger partial charge in [0.15, 0.2) is 0 Å². The summed E-state index contributed by atoms with van der Waals surface area (Å²) >= 11 is 0. The van der Waals surface area contributed by atoms with Gasteiger partial charge < -0.3 is 5.73 Å². The molecule has 0 amide bonds. The Morgan fingerprint density at radius 2 is 1.68 bits per heavy atom. The Hall–Kier alpha value is -1.60. The van der Waals surface area contributed by atoms with Gasteiger partial charge in [-0.2, -0.15) is 0 Å². The van der Waals surface area contributed by atoms with Gasteiger partial charge in [0.05, 0.1) is 0 Å². The summed E-state index contributed by atoms with van der Waals surface area (Å²) in [5.41, 5.74) is 11.0. The van der Waals surface area contributed by atoms with Crippen LogP contribution < -0.4 is 5.73 Å². The molecule has 0 saturated heterocycles. The zero-order valence-electron chi connectivity index (χ0n) is 11.9. The Morgan fingerprint density at radius 1 is 1.00 bits per heavy atom. The second kappa shape index (κ2) is 6.53. The molecular weight excluding hydrogens is 230 g/mol. The predicted octanol–water partition coefficient (Wildman–Crippen LogP) is 4.50. The van der Waals surface area contributed by atoms with Crippen molar-refractivity contribution in [1.29, 1.82) is 0 Å². The predicted molar refractivity (Wildman–Crippen MR) is 83.3 cm³/mol. The third-order valence-electron chi connectivity index (χ3n) is 3.85. The van der Waals surface area contributed by atoms with Gasteiger partial charge in [-0.25, -0.2) is 0 Å². The van der Waals surface area contributed by atoms with Crippen molar-refractivity contribution in [3.05, 3.63) is 59.7 Å². The van der Waals surface area contributed by atoms with E-state index in [4.69, 9.17) is 5.73 Å². The number of rotatable bonds is 5. The van der Waals surface area contributed by atoms with E-state index in [1.165, 1.54) is 22.3 Å². The second-order valence-electron chi connectivity index (χ2n) is 5.12. The van der Waals surface area contributed by atoms with Crippen LogP contribution >= 0.6 is 0 Å². The van der Waals surface area contributed by atoms with Crippen molar-refractivity contribution in [2.45, 2.75) is 32.6 Å². The van der Waals surface area contributed by atoms with Gasteiger partial charge >= 0.3 is 0 Å². The zero-order valence-corrected chi connectivity index (χ0v) is 11.9. The van der Waals surface area contributed by atoms with Crippen molar-refractivity contribution >= 4 is 0 Å². The molecule has 0 fully saturated rings. The molecule has 2 aromatic rings. The Bertz CT molecular complexity index is 513. The lowest BCUT2D eigenvalue weighted by atomic mass is 9.91. The molecule has 0 aliphatic heterocycles. The summed E-state index contributed by atoms with van der Waals surface area (Å²) in [4.78, 5) is 0. The van der Waals surface area contributed by atoms with E-state index in [1.54, 1.807) is 0 Å². The lowest BCUT2D eigenvalue weighted by Gasteiger charge is -2.15. The molecule has 0 aliphatic rings. The molecule has 19 heavy (non-hydrogen) atoms. The molecule has 2 N–H and O–H groups in total. The van der Waals surface area contributed by atoms with Gasteiger partial charge in [-0.3, -0.25) is 0 Å². The molecule has 1 atom stereocenters. The Labute approximate surface area is 116 Å². The van der Waals surface area contributed by atoms with E-state index in [2.05, 4.69) is 62.4 Å². The Kier molecular flexibility index (Phi) is 4.75. The summed E-state index contributed by atoms with van der Waals surface area (Å²) in [5.74, 6) is 0.593. The molecule has 100 valence electrons. The number of benzene rings is 2. The van der Waals surface area contributed by atoms with Crippen molar-refractivity contribution in [3.8, 4) is 11.1 Å². The molecule has 1 unspecified atom stereocenters. The van der Waals surface area contributed by atoms with Gasteiger partial charge in [0.25, 0.3) is 0 Å². The summed E-state index contributed by atoms with van der Waals surface area (Å²) in [6.07, 6.45) is 2.22. The molecule has 1 nitrogen and oxygen atoms in total. The fourth-order valence-corrected chi connectivity index (χ4v) is 2.64. The Balaban J connectivity index is 2.26. The molecule has 1 heteroatoms. The summed E-state index contributed by atoms with van der Waals surface area (Å²) in [6, 6.07) is 17.5. The van der Waals surface area contributed by atoms with Crippen molar-refractivity contribution in [2.24, 2.45) is 5.73 Å². The van der Waals surface area contributed by atoms with E-state index in [9.17, 15) is 0 Å². The summed E-state index contributed by atoms with van der Waals surface area (Å²) in [6.45, 7) is 5.15. The standard InChI is InChI=1S/C18H23N/c1-3-15(12-13-19)16-8-10-17(11-9-16)18-7-5-4-6-14(18)2/h4-11,15H,3,12-13,19H2,1-2H3. The van der Waals surface area contributed by atoms with Crippen molar-refractivity contribution in [3.63, 3.8) is 0 Å². The number of hydrogen-bond donors (Lipinski definition) is 1. The molecule has 0 bridgehead atoms. The maximum Gasteiger partial charge on any atom is -0.00714 e. The van der Waals surface area contributed by atoms with Crippen LogP contribution in [0.25, 0.3) is 11.1 Å². The molecule has 0 saturated carbocycles. The third kappa shape index (κ3) is 3.24. The van der Waals surface area contributed by atoms with Crippen molar-refractivity contribution in [2.75, 3.05) is 6.54 Å². The molecule has 0 aromatic heterocycles. The lowest BCUT2D eigenvalue weighted by Crippen LogP contribution is -2.06. The van der Waals surface area contributed by atoms with Gasteiger partial charge in [-0.05, 0) is 54.5 Å². The van der Waals surface area contributed by atoms with Crippen LogP contribution in [0.3, 0.4) is 0 Å². The largest absolute Gasteiger partial charge is 0.330 e. The monoisotopic (exact) mass is 253 g/mol. The average Bonchev–Trinajstić information content (AvgIpc) is 2.46. The van der Waals surface area contributed by atoms with Crippen LogP contribution in [0.15, 0.2) is 48.5 Å². The fourth-order valence-electron chi connectivity index (χ4n) is 2.64. The maximum absolute atomic E-state index is 5.68. The summed E-state index contributed by atoms with van der Waals surface area (Å²) < 4.78 is 0. The van der Waals surface area contributed by atoms with Crippen LogP contribution in [-0.4, -0.2) is 6.54 Å². The van der Waals surface area contributed by atoms with Crippen LogP contribution in [-0.2, 0) is 0 Å². The van der Waals surface area contributed by atoms with E-state index < -0.39 is 0 Å². The highest BCUT2D eigenvalue weighted by Crippen LogP contribution is 2.27. The van der Waals surface area contributed by atoms with Crippen molar-refractivity contribution < 1.29 is 0 Å². The molecule has 2 aromatic carbocycles. The normalized spacial score (nSPS) is 12.4. The fraction of sp³-hybridized carbons (Fsp3) is 0.333. The van der Waals surface area contributed by atoms with E-state index in [0.29, 0.717) is 5.92 Å². The zero-order chi connectivity index (χ0) is 13.7. The SMILES string of the molecule is CCC(CCN)c1ccc(-c2ccccc2C)cc1. The first-order valence-corrected chi connectivity index (χ1v) is 7.12. The molecule has 0 radical (unpaired) electrons. The van der Waals surface area contributed by atoms with Crippen molar-refractivity contribution in [1.82, 2.24) is 0 Å². The van der Waals surface area contributed by atoms with Crippen LogP contribution in [0.4, 0.5) is 0 Å². The molecule has 0 aliphatic carbocycles. The number of hydrogen-bond acceptors (Lipinski definition) is 1. The van der Waals surface area contributed by atoms with Gasteiger partial charge in [-0.1, -0.05) is 55.5 Å². The average molecular weight is 253 g/mol. The van der Waals surface area contributed by atoms with Crippen LogP contribution in [0.5, 0.6) is 0 Å². The third-order valence-corrected chi connectivity index (χ3v) is 3.85.